The van der Waals surface area contributed by atoms with E-state index in [1.165, 1.54) is 0 Å². The molecular weight excluding hydrogens is 357 g/mol. The van der Waals surface area contributed by atoms with Crippen LogP contribution in [0.5, 0.6) is 0 Å². The van der Waals surface area contributed by atoms with Crippen LogP contribution in [0.3, 0.4) is 0 Å². The monoisotopic (exact) mass is 375 g/mol. The van der Waals surface area contributed by atoms with Crippen molar-refractivity contribution in [2.75, 3.05) is 0 Å². The standard InChI is InChI=1S/C19H19Cl2N3O/c1-11-6-16(22-18-12(2)23-24(3)19(11)18)4-5-17(25)9-13-7-14(20)10-15(21)8-13/h6-8,10H,4-5,9H2,1-3H3. The highest BCUT2D eigenvalue weighted by Crippen LogP contribution is 2.22. The van der Waals surface area contributed by atoms with Gasteiger partial charge in [0, 0.05) is 35.6 Å². The van der Waals surface area contributed by atoms with E-state index in [0.29, 0.717) is 29.3 Å². The van der Waals surface area contributed by atoms with E-state index in [4.69, 9.17) is 23.2 Å². The highest BCUT2D eigenvalue weighted by Gasteiger charge is 2.12. The molecule has 25 heavy (non-hydrogen) atoms. The van der Waals surface area contributed by atoms with Crippen LogP contribution in [0.25, 0.3) is 11.0 Å². The Morgan fingerprint density at radius 3 is 2.48 bits per heavy atom. The number of ketones is 1. The number of carbonyl (C=O) groups is 1. The predicted molar refractivity (Wildman–Crippen MR) is 101 cm³/mol. The molecule has 0 N–H and O–H groups in total. The van der Waals surface area contributed by atoms with Crippen LogP contribution in [0.1, 0.15) is 28.9 Å². The van der Waals surface area contributed by atoms with Crippen LogP contribution in [-0.4, -0.2) is 20.5 Å². The average Bonchev–Trinajstić information content (AvgIpc) is 2.79. The van der Waals surface area contributed by atoms with Crippen LogP contribution in [0.2, 0.25) is 10.0 Å². The first-order chi connectivity index (χ1) is 11.8. The molecule has 0 spiro atoms. The lowest BCUT2D eigenvalue weighted by molar-refractivity contribution is -0.118. The molecule has 130 valence electrons. The Hall–Kier alpha value is -1.91. The summed E-state index contributed by atoms with van der Waals surface area (Å²) in [6.45, 7) is 4.00. The number of fused-ring (bicyclic) bond motifs is 1. The van der Waals surface area contributed by atoms with Crippen molar-refractivity contribution >= 4 is 40.0 Å². The zero-order valence-corrected chi connectivity index (χ0v) is 15.9. The number of carbonyl (C=O) groups excluding carboxylic acids is 1. The van der Waals surface area contributed by atoms with Crippen molar-refractivity contribution in [3.8, 4) is 0 Å². The van der Waals surface area contributed by atoms with Crippen molar-refractivity contribution in [2.24, 2.45) is 7.05 Å². The van der Waals surface area contributed by atoms with E-state index in [0.717, 1.165) is 33.5 Å². The van der Waals surface area contributed by atoms with Gasteiger partial charge < -0.3 is 0 Å². The number of rotatable bonds is 5. The Balaban J connectivity index is 1.72. The molecule has 0 saturated heterocycles. The normalized spacial score (nSPS) is 11.2. The minimum atomic E-state index is 0.140. The van der Waals surface area contributed by atoms with Crippen molar-refractivity contribution < 1.29 is 4.79 Å². The second-order valence-electron chi connectivity index (χ2n) is 6.33. The third kappa shape index (κ3) is 4.02. The molecule has 6 heteroatoms. The first-order valence-corrected chi connectivity index (χ1v) is 8.85. The number of aryl methyl sites for hydroxylation is 4. The van der Waals surface area contributed by atoms with E-state index in [1.807, 2.05) is 31.6 Å². The fraction of sp³-hybridized carbons (Fsp3) is 0.316. The van der Waals surface area contributed by atoms with Gasteiger partial charge in [-0.15, -0.1) is 0 Å². The SMILES string of the molecule is Cc1nn(C)c2c(C)cc(CCC(=O)Cc3cc(Cl)cc(Cl)c3)nc12. The Morgan fingerprint density at radius 2 is 1.80 bits per heavy atom. The largest absolute Gasteiger partial charge is 0.299 e. The molecule has 0 unspecified atom stereocenters. The molecule has 3 rings (SSSR count). The van der Waals surface area contributed by atoms with Crippen LogP contribution < -0.4 is 0 Å². The van der Waals surface area contributed by atoms with Gasteiger partial charge in [-0.25, -0.2) is 4.98 Å². The summed E-state index contributed by atoms with van der Waals surface area (Å²) in [5.41, 5.74) is 5.73. The first-order valence-electron chi connectivity index (χ1n) is 8.10. The lowest BCUT2D eigenvalue weighted by Gasteiger charge is -2.06. The summed E-state index contributed by atoms with van der Waals surface area (Å²) in [5, 5.41) is 5.51. The van der Waals surface area contributed by atoms with Gasteiger partial charge >= 0.3 is 0 Å². The van der Waals surface area contributed by atoms with E-state index in [9.17, 15) is 4.79 Å². The molecule has 0 aliphatic carbocycles. The zero-order chi connectivity index (χ0) is 18.1. The number of hydrogen-bond acceptors (Lipinski definition) is 3. The number of nitrogens with zero attached hydrogens (tertiary/aromatic N) is 3. The molecule has 0 amide bonds. The van der Waals surface area contributed by atoms with Gasteiger partial charge in [-0.1, -0.05) is 23.2 Å². The molecule has 4 nitrogen and oxygen atoms in total. The minimum Gasteiger partial charge on any atom is -0.299 e. The number of pyridine rings is 1. The third-order valence-corrected chi connectivity index (χ3v) is 4.62. The molecule has 0 fully saturated rings. The molecule has 0 radical (unpaired) electrons. The van der Waals surface area contributed by atoms with Gasteiger partial charge in [0.2, 0.25) is 0 Å². The fourth-order valence-electron chi connectivity index (χ4n) is 3.14. The van der Waals surface area contributed by atoms with E-state index in [1.54, 1.807) is 18.2 Å². The van der Waals surface area contributed by atoms with Crippen LogP contribution in [-0.2, 0) is 24.7 Å². The maximum atomic E-state index is 12.3. The quantitative estimate of drug-likeness (QED) is 0.652. The molecule has 0 bridgehead atoms. The van der Waals surface area contributed by atoms with Gasteiger partial charge in [-0.05, 0) is 55.7 Å². The van der Waals surface area contributed by atoms with Crippen molar-refractivity contribution in [1.29, 1.82) is 0 Å². The van der Waals surface area contributed by atoms with E-state index in [-0.39, 0.29) is 5.78 Å². The molecule has 2 heterocycles. The van der Waals surface area contributed by atoms with E-state index < -0.39 is 0 Å². The second kappa shape index (κ2) is 7.14. The molecule has 3 aromatic rings. The Kier molecular flexibility index (Phi) is 5.11. The lowest BCUT2D eigenvalue weighted by atomic mass is 10.0. The molecule has 0 aliphatic rings. The van der Waals surface area contributed by atoms with Crippen molar-refractivity contribution in [1.82, 2.24) is 14.8 Å². The van der Waals surface area contributed by atoms with Crippen LogP contribution in [0.4, 0.5) is 0 Å². The maximum Gasteiger partial charge on any atom is 0.137 e. The first kappa shape index (κ1) is 17.9. The number of Topliss-reactive ketones (excluding diaryl/α,β-unsaturated/α-hetero) is 1. The Bertz CT molecular complexity index is 943. The highest BCUT2D eigenvalue weighted by molar-refractivity contribution is 6.34. The van der Waals surface area contributed by atoms with E-state index >= 15 is 0 Å². The summed E-state index contributed by atoms with van der Waals surface area (Å²) < 4.78 is 1.85. The van der Waals surface area contributed by atoms with Gasteiger partial charge in [0.15, 0.2) is 0 Å². The molecule has 0 saturated carbocycles. The van der Waals surface area contributed by atoms with Crippen LogP contribution >= 0.6 is 23.2 Å². The summed E-state index contributed by atoms with van der Waals surface area (Å²) in [5.74, 6) is 0.140. The lowest BCUT2D eigenvalue weighted by Crippen LogP contribution is -2.06. The summed E-state index contributed by atoms with van der Waals surface area (Å²) in [6, 6.07) is 7.25. The van der Waals surface area contributed by atoms with E-state index in [2.05, 4.69) is 10.1 Å². The topological polar surface area (TPSA) is 47.8 Å². The number of benzene rings is 1. The zero-order valence-electron chi connectivity index (χ0n) is 14.4. The maximum absolute atomic E-state index is 12.3. The summed E-state index contributed by atoms with van der Waals surface area (Å²) in [6.07, 6.45) is 1.37. The van der Waals surface area contributed by atoms with Gasteiger partial charge in [-0.3, -0.25) is 9.48 Å². The van der Waals surface area contributed by atoms with Crippen molar-refractivity contribution in [3.63, 3.8) is 0 Å². The van der Waals surface area contributed by atoms with Gasteiger partial charge in [0.25, 0.3) is 0 Å². The Labute approximate surface area is 156 Å². The fourth-order valence-corrected chi connectivity index (χ4v) is 3.71. The Morgan fingerprint density at radius 1 is 1.12 bits per heavy atom. The summed E-state index contributed by atoms with van der Waals surface area (Å²) >= 11 is 12.0. The average molecular weight is 376 g/mol. The smallest absolute Gasteiger partial charge is 0.137 e. The molecule has 2 aromatic heterocycles. The minimum absolute atomic E-state index is 0.140. The molecule has 0 atom stereocenters. The van der Waals surface area contributed by atoms with Crippen molar-refractivity contribution in [2.45, 2.75) is 33.1 Å². The number of hydrogen-bond donors (Lipinski definition) is 0. The summed E-state index contributed by atoms with van der Waals surface area (Å²) in [4.78, 5) is 17.0. The third-order valence-electron chi connectivity index (χ3n) is 4.19. The van der Waals surface area contributed by atoms with Crippen molar-refractivity contribution in [3.05, 3.63) is 56.8 Å². The summed E-state index contributed by atoms with van der Waals surface area (Å²) in [7, 11) is 1.92. The predicted octanol–water partition coefficient (Wildman–Crippen LogP) is 4.64. The van der Waals surface area contributed by atoms with Crippen LogP contribution in [0, 0.1) is 13.8 Å². The molecular formula is C19H19Cl2N3O. The number of aromatic nitrogens is 3. The molecule has 1 aromatic carbocycles. The highest BCUT2D eigenvalue weighted by atomic mass is 35.5. The molecule has 0 aliphatic heterocycles. The van der Waals surface area contributed by atoms with Crippen LogP contribution in [0.15, 0.2) is 24.3 Å². The second-order valence-corrected chi connectivity index (χ2v) is 7.20. The van der Waals surface area contributed by atoms with Gasteiger partial charge in [-0.2, -0.15) is 5.10 Å². The number of halogens is 2. The van der Waals surface area contributed by atoms with Gasteiger partial charge in [0.05, 0.1) is 11.2 Å². The van der Waals surface area contributed by atoms with Gasteiger partial charge in [0.1, 0.15) is 11.3 Å².